The lowest BCUT2D eigenvalue weighted by Gasteiger charge is -2.18. The molecule has 0 atom stereocenters. The Hall–Kier alpha value is -2.15. The number of aryl methyl sites for hydroxylation is 2. The van der Waals surface area contributed by atoms with Gasteiger partial charge in [-0.25, -0.2) is 0 Å². The maximum absolute atomic E-state index is 12.4. The van der Waals surface area contributed by atoms with Crippen molar-refractivity contribution in [2.45, 2.75) is 64.8 Å². The molecule has 0 aliphatic heterocycles. The third kappa shape index (κ3) is 4.33. The largest absolute Gasteiger partial charge is 0.279 e. The average Bonchev–Trinajstić information content (AvgIpc) is 3.19. The van der Waals surface area contributed by atoms with Crippen LogP contribution in [0.15, 0.2) is 18.5 Å². The molecule has 0 unspecified atom stereocenters. The molecule has 7 heteroatoms. The standard InChI is InChI=1S/C19H26N4O2S/c1-19(2,3)23-12-14(11-20-23)17(24)21-22-18(25)16-10-13-8-6-4-5-7-9-15(13)26-16/h10-12H,4-9H2,1-3H3,(H,21,24)(H,22,25). The molecular weight excluding hydrogens is 348 g/mol. The minimum atomic E-state index is -0.372. The van der Waals surface area contributed by atoms with Crippen LogP contribution in [0.3, 0.4) is 0 Å². The predicted molar refractivity (Wildman–Crippen MR) is 102 cm³/mol. The van der Waals surface area contributed by atoms with Crippen LogP contribution in [0.2, 0.25) is 0 Å². The molecule has 2 aromatic rings. The van der Waals surface area contributed by atoms with E-state index in [0.29, 0.717) is 10.4 Å². The molecular formula is C19H26N4O2S. The second-order valence-corrected chi connectivity index (χ2v) is 8.86. The molecule has 2 N–H and O–H groups in total. The van der Waals surface area contributed by atoms with E-state index in [1.54, 1.807) is 22.2 Å². The summed E-state index contributed by atoms with van der Waals surface area (Å²) in [7, 11) is 0. The Bertz CT molecular complexity index is 775. The molecule has 6 nitrogen and oxygen atoms in total. The van der Waals surface area contributed by atoms with Gasteiger partial charge >= 0.3 is 0 Å². The second-order valence-electron chi connectivity index (χ2n) is 7.73. The fourth-order valence-corrected chi connectivity index (χ4v) is 4.16. The highest BCUT2D eigenvalue weighted by Gasteiger charge is 2.19. The lowest BCUT2D eigenvalue weighted by molar-refractivity contribution is 0.0848. The molecule has 1 aliphatic rings. The number of hydrogen-bond donors (Lipinski definition) is 2. The number of nitrogens with zero attached hydrogens (tertiary/aromatic N) is 2. The van der Waals surface area contributed by atoms with Crippen LogP contribution in [0.25, 0.3) is 0 Å². The maximum Gasteiger partial charge on any atom is 0.279 e. The summed E-state index contributed by atoms with van der Waals surface area (Å²) in [6.45, 7) is 6.02. The van der Waals surface area contributed by atoms with Crippen LogP contribution < -0.4 is 10.9 Å². The monoisotopic (exact) mass is 374 g/mol. The van der Waals surface area contributed by atoms with Gasteiger partial charge in [-0.1, -0.05) is 12.8 Å². The normalized spacial score (nSPS) is 14.9. The zero-order chi connectivity index (χ0) is 18.7. The molecule has 2 heterocycles. The number of fused-ring (bicyclic) bond motifs is 1. The van der Waals surface area contributed by atoms with E-state index in [0.717, 1.165) is 12.8 Å². The Morgan fingerprint density at radius 2 is 1.77 bits per heavy atom. The number of rotatable bonds is 2. The maximum atomic E-state index is 12.4. The zero-order valence-corrected chi connectivity index (χ0v) is 16.4. The molecule has 3 rings (SSSR count). The van der Waals surface area contributed by atoms with Gasteiger partial charge in [-0.05, 0) is 58.1 Å². The fraction of sp³-hybridized carbons (Fsp3) is 0.526. The van der Waals surface area contributed by atoms with Gasteiger partial charge in [0.2, 0.25) is 0 Å². The first-order valence-corrected chi connectivity index (χ1v) is 9.93. The highest BCUT2D eigenvalue weighted by Crippen LogP contribution is 2.28. The molecule has 2 amide bonds. The smallest absolute Gasteiger partial charge is 0.267 e. The summed E-state index contributed by atoms with van der Waals surface area (Å²) < 4.78 is 1.73. The van der Waals surface area contributed by atoms with E-state index >= 15 is 0 Å². The van der Waals surface area contributed by atoms with Crippen molar-refractivity contribution in [3.63, 3.8) is 0 Å². The van der Waals surface area contributed by atoms with Gasteiger partial charge in [0, 0.05) is 11.1 Å². The summed E-state index contributed by atoms with van der Waals surface area (Å²) in [6, 6.07) is 1.98. The van der Waals surface area contributed by atoms with Crippen LogP contribution in [0.1, 0.15) is 76.9 Å². The molecule has 2 aromatic heterocycles. The molecule has 0 radical (unpaired) electrons. The van der Waals surface area contributed by atoms with Gasteiger partial charge in [-0.2, -0.15) is 5.10 Å². The highest BCUT2D eigenvalue weighted by molar-refractivity contribution is 7.14. The first kappa shape index (κ1) is 18.6. The third-order valence-corrected chi connectivity index (χ3v) is 5.78. The van der Waals surface area contributed by atoms with Gasteiger partial charge in [0.15, 0.2) is 0 Å². The average molecular weight is 375 g/mol. The number of amides is 2. The van der Waals surface area contributed by atoms with Crippen LogP contribution in [0.5, 0.6) is 0 Å². The fourth-order valence-electron chi connectivity index (χ4n) is 3.01. The van der Waals surface area contributed by atoms with Crippen LogP contribution in [0, 0.1) is 0 Å². The van der Waals surface area contributed by atoms with E-state index in [9.17, 15) is 9.59 Å². The molecule has 140 valence electrons. The van der Waals surface area contributed by atoms with Crippen molar-refractivity contribution < 1.29 is 9.59 Å². The molecule has 0 aromatic carbocycles. The van der Waals surface area contributed by atoms with Gasteiger partial charge in [0.05, 0.1) is 22.2 Å². The summed E-state index contributed by atoms with van der Waals surface area (Å²) in [4.78, 5) is 26.6. The first-order chi connectivity index (χ1) is 12.3. The quantitative estimate of drug-likeness (QED) is 0.791. The van der Waals surface area contributed by atoms with E-state index in [1.165, 1.54) is 42.3 Å². The molecule has 0 fully saturated rings. The molecule has 0 saturated carbocycles. The van der Waals surface area contributed by atoms with E-state index < -0.39 is 0 Å². The van der Waals surface area contributed by atoms with E-state index in [4.69, 9.17) is 0 Å². The number of aromatic nitrogens is 2. The number of nitrogens with one attached hydrogen (secondary N) is 2. The van der Waals surface area contributed by atoms with E-state index in [1.807, 2.05) is 26.8 Å². The Labute approximate surface area is 158 Å². The van der Waals surface area contributed by atoms with Gasteiger partial charge in [-0.15, -0.1) is 11.3 Å². The summed E-state index contributed by atoms with van der Waals surface area (Å²) in [6.07, 6.45) is 10.2. The number of hydrazine groups is 1. The van der Waals surface area contributed by atoms with Crippen LogP contribution in [-0.4, -0.2) is 21.6 Å². The third-order valence-electron chi connectivity index (χ3n) is 4.54. The molecule has 0 bridgehead atoms. The summed E-state index contributed by atoms with van der Waals surface area (Å²) in [5.41, 5.74) is 6.51. The number of carbonyl (C=O) groups is 2. The van der Waals surface area contributed by atoms with E-state index in [2.05, 4.69) is 16.0 Å². The summed E-state index contributed by atoms with van der Waals surface area (Å²) in [5, 5.41) is 4.20. The van der Waals surface area contributed by atoms with Gasteiger partial charge in [0.1, 0.15) is 0 Å². The predicted octanol–water partition coefficient (Wildman–Crippen LogP) is 3.43. The molecule has 26 heavy (non-hydrogen) atoms. The minimum absolute atomic E-state index is 0.199. The Morgan fingerprint density at radius 1 is 1.08 bits per heavy atom. The van der Waals surface area contributed by atoms with Crippen molar-refractivity contribution >= 4 is 23.2 Å². The van der Waals surface area contributed by atoms with Crippen molar-refractivity contribution in [3.05, 3.63) is 39.3 Å². The lowest BCUT2D eigenvalue weighted by atomic mass is 10.00. The topological polar surface area (TPSA) is 76.0 Å². The first-order valence-electron chi connectivity index (χ1n) is 9.12. The van der Waals surface area contributed by atoms with Crippen molar-refractivity contribution in [2.24, 2.45) is 0 Å². The van der Waals surface area contributed by atoms with Crippen molar-refractivity contribution in [2.75, 3.05) is 0 Å². The van der Waals surface area contributed by atoms with Crippen molar-refractivity contribution in [1.29, 1.82) is 0 Å². The van der Waals surface area contributed by atoms with E-state index in [-0.39, 0.29) is 17.4 Å². The highest BCUT2D eigenvalue weighted by atomic mass is 32.1. The van der Waals surface area contributed by atoms with Gasteiger partial charge in [-0.3, -0.25) is 25.1 Å². The van der Waals surface area contributed by atoms with Crippen LogP contribution in [0.4, 0.5) is 0 Å². The Kier molecular flexibility index (Phi) is 5.46. The molecule has 0 saturated heterocycles. The number of thiophene rings is 1. The van der Waals surface area contributed by atoms with Gasteiger partial charge < -0.3 is 0 Å². The summed E-state index contributed by atoms with van der Waals surface area (Å²) >= 11 is 1.54. The Morgan fingerprint density at radius 3 is 2.46 bits per heavy atom. The van der Waals surface area contributed by atoms with Crippen LogP contribution >= 0.6 is 11.3 Å². The number of hydrogen-bond acceptors (Lipinski definition) is 4. The SMILES string of the molecule is CC(C)(C)n1cc(C(=O)NNC(=O)c2cc3c(s2)CCCCCC3)cn1. The second kappa shape index (κ2) is 7.61. The lowest BCUT2D eigenvalue weighted by Crippen LogP contribution is -2.41. The number of carbonyl (C=O) groups excluding carboxylic acids is 2. The zero-order valence-electron chi connectivity index (χ0n) is 15.6. The Balaban J connectivity index is 1.61. The minimum Gasteiger partial charge on any atom is -0.267 e. The summed E-state index contributed by atoms with van der Waals surface area (Å²) in [5.74, 6) is -0.637. The van der Waals surface area contributed by atoms with Crippen LogP contribution in [-0.2, 0) is 18.4 Å². The van der Waals surface area contributed by atoms with Crippen molar-refractivity contribution in [3.8, 4) is 0 Å². The molecule has 0 spiro atoms. The van der Waals surface area contributed by atoms with Crippen molar-refractivity contribution in [1.82, 2.24) is 20.6 Å². The van der Waals surface area contributed by atoms with Gasteiger partial charge in [0.25, 0.3) is 11.8 Å². The molecule has 1 aliphatic carbocycles.